The molecule has 0 saturated carbocycles. The molecule has 1 aliphatic rings. The maximum atomic E-state index is 8.96. The van der Waals surface area contributed by atoms with Crippen LogP contribution in [0, 0.1) is 0 Å². The average Bonchev–Trinajstić information content (AvgIpc) is 2.30. The van der Waals surface area contributed by atoms with Crippen LogP contribution in [0.1, 0.15) is 30.3 Å². The molecule has 1 fully saturated rings. The van der Waals surface area contributed by atoms with E-state index in [1.165, 1.54) is 0 Å². The van der Waals surface area contributed by atoms with E-state index in [0.717, 1.165) is 31.8 Å². The fourth-order valence-electron chi connectivity index (χ4n) is 1.78. The largest absolute Gasteiger partial charge is 0.390 e. The van der Waals surface area contributed by atoms with E-state index in [1.54, 1.807) is 12.3 Å². The van der Waals surface area contributed by atoms with Crippen molar-refractivity contribution in [2.75, 3.05) is 13.1 Å². The van der Waals surface area contributed by atoms with E-state index in [1.807, 2.05) is 0 Å². The second-order valence-electron chi connectivity index (χ2n) is 3.59. The van der Waals surface area contributed by atoms with E-state index in [0.29, 0.717) is 11.6 Å². The molecule has 0 atom stereocenters. The number of rotatable bonds is 2. The first-order valence-corrected chi connectivity index (χ1v) is 5.03. The van der Waals surface area contributed by atoms with Crippen molar-refractivity contribution < 1.29 is 5.11 Å². The molecule has 2 heterocycles. The minimum absolute atomic E-state index is 0.000486. The molecule has 2 N–H and O–H groups in total. The van der Waals surface area contributed by atoms with Gasteiger partial charge in [0.1, 0.15) is 5.82 Å². The number of aromatic nitrogens is 2. The van der Waals surface area contributed by atoms with Gasteiger partial charge >= 0.3 is 0 Å². The lowest BCUT2D eigenvalue weighted by Crippen LogP contribution is -2.27. The van der Waals surface area contributed by atoms with Crippen molar-refractivity contribution in [1.29, 1.82) is 0 Å². The summed E-state index contributed by atoms with van der Waals surface area (Å²) in [6.45, 7) is 2.08. The Morgan fingerprint density at radius 3 is 2.93 bits per heavy atom. The third kappa shape index (κ3) is 2.08. The van der Waals surface area contributed by atoms with Crippen molar-refractivity contribution in [3.63, 3.8) is 0 Å². The Morgan fingerprint density at radius 1 is 1.43 bits per heavy atom. The van der Waals surface area contributed by atoms with Crippen LogP contribution in [-0.2, 0) is 6.61 Å². The van der Waals surface area contributed by atoms with Crippen molar-refractivity contribution in [2.24, 2.45) is 0 Å². The van der Waals surface area contributed by atoms with Gasteiger partial charge in [-0.25, -0.2) is 9.97 Å². The van der Waals surface area contributed by atoms with Gasteiger partial charge in [-0.05, 0) is 32.0 Å². The lowest BCUT2D eigenvalue weighted by Gasteiger charge is -2.21. The Balaban J connectivity index is 2.13. The summed E-state index contributed by atoms with van der Waals surface area (Å²) in [5.41, 5.74) is 0.716. The molecule has 0 unspecified atom stereocenters. The van der Waals surface area contributed by atoms with E-state index in [2.05, 4.69) is 15.3 Å². The summed E-state index contributed by atoms with van der Waals surface area (Å²) in [6.07, 6.45) is 3.92. The fourth-order valence-corrected chi connectivity index (χ4v) is 1.78. The second kappa shape index (κ2) is 4.48. The van der Waals surface area contributed by atoms with Crippen LogP contribution in [0.25, 0.3) is 0 Å². The molecule has 0 spiro atoms. The van der Waals surface area contributed by atoms with Crippen LogP contribution >= 0.6 is 0 Å². The molecule has 4 nitrogen and oxygen atoms in total. The predicted octanol–water partition coefficient (Wildman–Crippen LogP) is 0.436. The van der Waals surface area contributed by atoms with Gasteiger partial charge in [-0.15, -0.1) is 0 Å². The number of nitrogens with zero attached hydrogens (tertiary/aromatic N) is 2. The molecule has 4 heteroatoms. The standard InChI is InChI=1S/C10H15N3O/c14-7-9-3-6-12-10(13-9)8-1-4-11-5-2-8/h3,6,8,11,14H,1-2,4-5,7H2. The molecule has 0 aliphatic carbocycles. The topological polar surface area (TPSA) is 58.0 Å². The molecule has 0 aromatic carbocycles. The maximum Gasteiger partial charge on any atom is 0.131 e. The van der Waals surface area contributed by atoms with Gasteiger partial charge in [0.2, 0.25) is 0 Å². The molecule has 0 bridgehead atoms. The number of hydrogen-bond acceptors (Lipinski definition) is 4. The highest BCUT2D eigenvalue weighted by atomic mass is 16.3. The van der Waals surface area contributed by atoms with Gasteiger partial charge in [-0.2, -0.15) is 0 Å². The fraction of sp³-hybridized carbons (Fsp3) is 0.600. The van der Waals surface area contributed by atoms with Crippen molar-refractivity contribution in [3.05, 3.63) is 23.8 Å². The summed E-state index contributed by atoms with van der Waals surface area (Å²) < 4.78 is 0. The first kappa shape index (κ1) is 9.55. The number of aliphatic hydroxyl groups is 1. The predicted molar refractivity (Wildman–Crippen MR) is 52.8 cm³/mol. The molecule has 1 aliphatic heterocycles. The normalized spacial score (nSPS) is 18.4. The Bertz CT molecular complexity index is 297. The van der Waals surface area contributed by atoms with Crippen LogP contribution in [0.15, 0.2) is 12.3 Å². The number of aliphatic hydroxyl groups excluding tert-OH is 1. The summed E-state index contributed by atoms with van der Waals surface area (Å²) in [6, 6.07) is 1.75. The van der Waals surface area contributed by atoms with Gasteiger partial charge < -0.3 is 10.4 Å². The summed E-state index contributed by atoms with van der Waals surface area (Å²) in [7, 11) is 0. The molecular weight excluding hydrogens is 178 g/mol. The zero-order valence-electron chi connectivity index (χ0n) is 8.11. The zero-order chi connectivity index (χ0) is 9.80. The monoisotopic (exact) mass is 193 g/mol. The third-order valence-corrected chi connectivity index (χ3v) is 2.60. The number of nitrogens with one attached hydrogen (secondary N) is 1. The van der Waals surface area contributed by atoms with Crippen LogP contribution in [0.3, 0.4) is 0 Å². The van der Waals surface area contributed by atoms with Crippen molar-refractivity contribution in [1.82, 2.24) is 15.3 Å². The van der Waals surface area contributed by atoms with Crippen LogP contribution < -0.4 is 5.32 Å². The highest BCUT2D eigenvalue weighted by Gasteiger charge is 2.17. The Hall–Kier alpha value is -1.00. The first-order chi connectivity index (χ1) is 6.90. The zero-order valence-corrected chi connectivity index (χ0v) is 8.11. The molecular formula is C10H15N3O. The summed E-state index contributed by atoms with van der Waals surface area (Å²) in [5, 5.41) is 12.3. The van der Waals surface area contributed by atoms with E-state index < -0.39 is 0 Å². The van der Waals surface area contributed by atoms with E-state index >= 15 is 0 Å². The first-order valence-electron chi connectivity index (χ1n) is 5.03. The Labute approximate surface area is 83.4 Å². The van der Waals surface area contributed by atoms with Gasteiger partial charge in [0.25, 0.3) is 0 Å². The number of piperidine rings is 1. The third-order valence-electron chi connectivity index (χ3n) is 2.60. The molecule has 1 aromatic rings. The molecule has 2 rings (SSSR count). The maximum absolute atomic E-state index is 8.96. The molecule has 0 amide bonds. The average molecular weight is 193 g/mol. The minimum Gasteiger partial charge on any atom is -0.390 e. The summed E-state index contributed by atoms with van der Waals surface area (Å²) in [4.78, 5) is 8.59. The Morgan fingerprint density at radius 2 is 2.21 bits per heavy atom. The van der Waals surface area contributed by atoms with Gasteiger partial charge in [-0.1, -0.05) is 0 Å². The molecule has 1 saturated heterocycles. The van der Waals surface area contributed by atoms with Crippen molar-refractivity contribution in [3.8, 4) is 0 Å². The van der Waals surface area contributed by atoms with Crippen molar-refractivity contribution >= 4 is 0 Å². The molecule has 1 aromatic heterocycles. The smallest absolute Gasteiger partial charge is 0.131 e. The van der Waals surface area contributed by atoms with E-state index in [4.69, 9.17) is 5.11 Å². The lowest BCUT2D eigenvalue weighted by molar-refractivity contribution is 0.275. The highest BCUT2D eigenvalue weighted by Crippen LogP contribution is 2.21. The highest BCUT2D eigenvalue weighted by molar-refractivity contribution is 5.05. The Kier molecular flexibility index (Phi) is 3.06. The molecule has 0 radical (unpaired) electrons. The van der Waals surface area contributed by atoms with Crippen LogP contribution in [-0.4, -0.2) is 28.2 Å². The van der Waals surface area contributed by atoms with Crippen LogP contribution in [0.4, 0.5) is 0 Å². The van der Waals surface area contributed by atoms with Crippen LogP contribution in [0.2, 0.25) is 0 Å². The second-order valence-corrected chi connectivity index (χ2v) is 3.59. The molecule has 76 valence electrons. The lowest BCUT2D eigenvalue weighted by atomic mass is 9.97. The van der Waals surface area contributed by atoms with E-state index in [9.17, 15) is 0 Å². The quantitative estimate of drug-likeness (QED) is 0.715. The van der Waals surface area contributed by atoms with Gasteiger partial charge in [-0.3, -0.25) is 0 Å². The SMILES string of the molecule is OCc1ccnc(C2CCNCC2)n1. The minimum atomic E-state index is 0.000486. The summed E-state index contributed by atoms with van der Waals surface area (Å²) >= 11 is 0. The van der Waals surface area contributed by atoms with E-state index in [-0.39, 0.29) is 6.61 Å². The van der Waals surface area contributed by atoms with Gasteiger partial charge in [0.15, 0.2) is 0 Å². The van der Waals surface area contributed by atoms with Gasteiger partial charge in [0.05, 0.1) is 12.3 Å². The van der Waals surface area contributed by atoms with Crippen LogP contribution in [0.5, 0.6) is 0 Å². The number of hydrogen-bond donors (Lipinski definition) is 2. The molecule has 14 heavy (non-hydrogen) atoms. The summed E-state index contributed by atoms with van der Waals surface area (Å²) in [5.74, 6) is 1.35. The van der Waals surface area contributed by atoms with Gasteiger partial charge in [0, 0.05) is 12.1 Å². The van der Waals surface area contributed by atoms with Crippen molar-refractivity contribution in [2.45, 2.75) is 25.4 Å².